The number of rotatable bonds is 4. The van der Waals surface area contributed by atoms with Gasteiger partial charge in [-0.1, -0.05) is 0 Å². The number of nitrogens with one attached hydrogen (secondary N) is 2. The third kappa shape index (κ3) is 2.95. The molecule has 5 nitrogen and oxygen atoms in total. The Balaban J connectivity index is 2.17. The maximum absolute atomic E-state index is 12.0. The molecule has 0 spiro atoms. The van der Waals surface area contributed by atoms with Crippen molar-refractivity contribution in [2.24, 2.45) is 0 Å². The van der Waals surface area contributed by atoms with Gasteiger partial charge in [0, 0.05) is 23.2 Å². The zero-order valence-electron chi connectivity index (χ0n) is 8.90. The van der Waals surface area contributed by atoms with E-state index in [-0.39, 0.29) is 6.54 Å². The molecule has 92 valence electrons. The molecule has 0 atom stereocenters. The Morgan fingerprint density at radius 1 is 1.59 bits per heavy atom. The van der Waals surface area contributed by atoms with E-state index in [0.29, 0.717) is 4.90 Å². The SMILES string of the molecule is Cc1sc(Br)cc1S(=O)(=O)NCc1cn[nH]c1. The van der Waals surface area contributed by atoms with Crippen LogP contribution in [0.25, 0.3) is 0 Å². The maximum atomic E-state index is 12.0. The third-order valence-corrected chi connectivity index (χ3v) is 5.36. The molecule has 8 heteroatoms. The monoisotopic (exact) mass is 335 g/mol. The van der Waals surface area contributed by atoms with E-state index in [4.69, 9.17) is 0 Å². The first-order valence-corrected chi connectivity index (χ1v) is 7.81. The number of hydrogen-bond acceptors (Lipinski definition) is 4. The molecule has 0 aliphatic heterocycles. The van der Waals surface area contributed by atoms with Gasteiger partial charge in [0.2, 0.25) is 10.0 Å². The molecule has 0 saturated heterocycles. The van der Waals surface area contributed by atoms with E-state index >= 15 is 0 Å². The van der Waals surface area contributed by atoms with E-state index in [1.807, 2.05) is 0 Å². The average Bonchev–Trinajstić information content (AvgIpc) is 2.85. The number of aromatic nitrogens is 2. The van der Waals surface area contributed by atoms with Gasteiger partial charge in [0.1, 0.15) is 0 Å². The Bertz CT molecular complexity index is 604. The van der Waals surface area contributed by atoms with E-state index in [2.05, 4.69) is 30.8 Å². The topological polar surface area (TPSA) is 74.8 Å². The summed E-state index contributed by atoms with van der Waals surface area (Å²) >= 11 is 4.67. The molecule has 0 bridgehead atoms. The van der Waals surface area contributed by atoms with Gasteiger partial charge in [-0.25, -0.2) is 13.1 Å². The Hall–Kier alpha value is -0.700. The highest BCUT2D eigenvalue weighted by Gasteiger charge is 2.19. The highest BCUT2D eigenvalue weighted by molar-refractivity contribution is 9.11. The lowest BCUT2D eigenvalue weighted by atomic mass is 10.4. The molecule has 2 rings (SSSR count). The fourth-order valence-corrected chi connectivity index (χ4v) is 4.76. The second-order valence-corrected chi connectivity index (χ2v) is 7.77. The summed E-state index contributed by atoms with van der Waals surface area (Å²) in [7, 11) is -3.46. The van der Waals surface area contributed by atoms with Crippen LogP contribution in [-0.4, -0.2) is 18.6 Å². The number of thiophene rings is 1. The van der Waals surface area contributed by atoms with Crippen molar-refractivity contribution >= 4 is 37.3 Å². The van der Waals surface area contributed by atoms with Crippen LogP contribution in [0.15, 0.2) is 27.1 Å². The molecule has 2 aromatic heterocycles. The fourth-order valence-electron chi connectivity index (χ4n) is 1.33. The van der Waals surface area contributed by atoms with E-state index in [9.17, 15) is 8.42 Å². The summed E-state index contributed by atoms with van der Waals surface area (Å²) in [5.41, 5.74) is 0.792. The van der Waals surface area contributed by atoms with Crippen LogP contribution in [0.5, 0.6) is 0 Å². The van der Waals surface area contributed by atoms with Crippen molar-refractivity contribution in [3.63, 3.8) is 0 Å². The summed E-state index contributed by atoms with van der Waals surface area (Å²) in [5.74, 6) is 0. The molecule has 0 fully saturated rings. The van der Waals surface area contributed by atoms with Crippen LogP contribution in [0.1, 0.15) is 10.4 Å². The van der Waals surface area contributed by atoms with E-state index < -0.39 is 10.0 Å². The zero-order chi connectivity index (χ0) is 12.5. The summed E-state index contributed by atoms with van der Waals surface area (Å²) in [6.07, 6.45) is 3.23. The summed E-state index contributed by atoms with van der Waals surface area (Å²) < 4.78 is 27.3. The van der Waals surface area contributed by atoms with Crippen LogP contribution in [0.3, 0.4) is 0 Å². The molecule has 0 aliphatic carbocycles. The van der Waals surface area contributed by atoms with Crippen molar-refractivity contribution in [1.82, 2.24) is 14.9 Å². The van der Waals surface area contributed by atoms with Crippen molar-refractivity contribution < 1.29 is 8.42 Å². The quantitative estimate of drug-likeness (QED) is 0.897. The fraction of sp³-hybridized carbons (Fsp3) is 0.222. The summed E-state index contributed by atoms with van der Waals surface area (Å²) in [6.45, 7) is 2.01. The van der Waals surface area contributed by atoms with Gasteiger partial charge >= 0.3 is 0 Å². The van der Waals surface area contributed by atoms with Crippen LogP contribution in [0, 0.1) is 6.92 Å². The molecule has 0 radical (unpaired) electrons. The molecule has 2 heterocycles. The number of aromatic amines is 1. The van der Waals surface area contributed by atoms with Gasteiger partial charge in [-0.2, -0.15) is 5.10 Å². The van der Waals surface area contributed by atoms with Crippen molar-refractivity contribution in [3.8, 4) is 0 Å². The number of H-pyrrole nitrogens is 1. The van der Waals surface area contributed by atoms with E-state index in [1.54, 1.807) is 25.4 Å². The predicted molar refractivity (Wildman–Crippen MR) is 69.4 cm³/mol. The lowest BCUT2D eigenvalue weighted by Gasteiger charge is -2.04. The van der Waals surface area contributed by atoms with Crippen molar-refractivity contribution in [1.29, 1.82) is 0 Å². The maximum Gasteiger partial charge on any atom is 0.242 e. The highest BCUT2D eigenvalue weighted by Crippen LogP contribution is 2.29. The summed E-state index contributed by atoms with van der Waals surface area (Å²) in [5, 5.41) is 6.38. The van der Waals surface area contributed by atoms with Gasteiger partial charge < -0.3 is 0 Å². The molecule has 0 aromatic carbocycles. The summed E-state index contributed by atoms with van der Waals surface area (Å²) in [4.78, 5) is 1.08. The molecule has 0 unspecified atom stereocenters. The zero-order valence-corrected chi connectivity index (χ0v) is 12.1. The van der Waals surface area contributed by atoms with Crippen LogP contribution in [0.4, 0.5) is 0 Å². The molecular formula is C9H10BrN3O2S2. The molecule has 0 saturated carbocycles. The lowest BCUT2D eigenvalue weighted by molar-refractivity contribution is 0.581. The standard InChI is InChI=1S/C9H10BrN3O2S2/c1-6-8(2-9(10)16-6)17(14,15)13-5-7-3-11-12-4-7/h2-4,13H,5H2,1H3,(H,11,12). The first kappa shape index (κ1) is 12.7. The molecule has 2 N–H and O–H groups in total. The van der Waals surface area contributed by atoms with Crippen LogP contribution < -0.4 is 4.72 Å². The normalized spacial score (nSPS) is 11.9. The van der Waals surface area contributed by atoms with Crippen LogP contribution >= 0.6 is 27.3 Å². The van der Waals surface area contributed by atoms with Crippen LogP contribution in [-0.2, 0) is 16.6 Å². The minimum absolute atomic E-state index is 0.228. The lowest BCUT2D eigenvalue weighted by Crippen LogP contribution is -2.23. The van der Waals surface area contributed by atoms with Crippen molar-refractivity contribution in [3.05, 3.63) is 32.7 Å². The van der Waals surface area contributed by atoms with Gasteiger partial charge in [-0.3, -0.25) is 5.10 Å². The number of sulfonamides is 1. The second kappa shape index (κ2) is 4.89. The Morgan fingerprint density at radius 2 is 2.35 bits per heavy atom. The molecular weight excluding hydrogens is 326 g/mol. The average molecular weight is 336 g/mol. The first-order chi connectivity index (χ1) is 7.99. The molecule has 0 amide bonds. The van der Waals surface area contributed by atoms with Crippen LogP contribution in [0.2, 0.25) is 0 Å². The van der Waals surface area contributed by atoms with Gasteiger partial charge in [-0.05, 0) is 28.9 Å². The van der Waals surface area contributed by atoms with Crippen molar-refractivity contribution in [2.45, 2.75) is 18.4 Å². The number of hydrogen-bond donors (Lipinski definition) is 2. The van der Waals surface area contributed by atoms with Gasteiger partial charge in [-0.15, -0.1) is 11.3 Å². The largest absolute Gasteiger partial charge is 0.285 e. The number of halogens is 1. The highest BCUT2D eigenvalue weighted by atomic mass is 79.9. The number of nitrogens with zero attached hydrogens (tertiary/aromatic N) is 1. The van der Waals surface area contributed by atoms with E-state index in [1.165, 1.54) is 11.3 Å². The Morgan fingerprint density at radius 3 is 2.88 bits per heavy atom. The van der Waals surface area contributed by atoms with Gasteiger partial charge in [0.15, 0.2) is 0 Å². The molecule has 2 aromatic rings. The Labute approximate surface area is 111 Å². The third-order valence-electron chi connectivity index (χ3n) is 2.15. The minimum atomic E-state index is -3.46. The summed E-state index contributed by atoms with van der Waals surface area (Å²) in [6, 6.07) is 1.61. The molecule has 17 heavy (non-hydrogen) atoms. The first-order valence-electron chi connectivity index (χ1n) is 4.72. The van der Waals surface area contributed by atoms with Gasteiger partial charge in [0.25, 0.3) is 0 Å². The van der Waals surface area contributed by atoms with E-state index in [0.717, 1.165) is 14.2 Å². The van der Waals surface area contributed by atoms with Crippen molar-refractivity contribution in [2.75, 3.05) is 0 Å². The second-order valence-electron chi connectivity index (χ2n) is 3.40. The molecule has 0 aliphatic rings. The minimum Gasteiger partial charge on any atom is -0.285 e. The smallest absolute Gasteiger partial charge is 0.242 e. The number of aryl methyl sites for hydroxylation is 1. The Kier molecular flexibility index (Phi) is 3.67. The van der Waals surface area contributed by atoms with Gasteiger partial charge in [0.05, 0.1) is 14.9 Å². The predicted octanol–water partition coefficient (Wildman–Crippen LogP) is 2.02.